The maximum Gasteiger partial charge on any atom is 0.0541 e. The third-order valence-corrected chi connectivity index (χ3v) is 12.8. The van der Waals surface area contributed by atoms with Gasteiger partial charge in [0.25, 0.3) is 0 Å². The molecule has 0 saturated carbocycles. The van der Waals surface area contributed by atoms with Gasteiger partial charge in [-0.2, -0.15) is 0 Å². The van der Waals surface area contributed by atoms with Crippen LogP contribution in [0.15, 0.2) is 200 Å². The first-order chi connectivity index (χ1) is 30.1. The van der Waals surface area contributed by atoms with Gasteiger partial charge in [0, 0.05) is 28.1 Å². The topological polar surface area (TPSA) is 17.8 Å². The van der Waals surface area contributed by atoms with Crippen molar-refractivity contribution in [1.29, 1.82) is 0 Å². The van der Waals surface area contributed by atoms with Crippen LogP contribution in [0.4, 0.5) is 0 Å². The van der Waals surface area contributed by atoms with E-state index in [0.29, 0.717) is 0 Å². The van der Waals surface area contributed by atoms with Crippen LogP contribution in [0, 0.1) is 6.07 Å². The summed E-state index contributed by atoms with van der Waals surface area (Å²) in [5.74, 6) is 0. The van der Waals surface area contributed by atoms with Crippen molar-refractivity contribution in [3.8, 4) is 61.5 Å². The molecule has 2 aliphatic rings. The van der Waals surface area contributed by atoms with E-state index in [2.05, 4.69) is 185 Å². The molecule has 2 aliphatic carbocycles. The zero-order valence-corrected chi connectivity index (χ0v) is 36.9. The molecule has 2 aromatic heterocycles. The van der Waals surface area contributed by atoms with Crippen molar-refractivity contribution in [2.24, 2.45) is 0 Å². The van der Waals surface area contributed by atoms with E-state index in [-0.39, 0.29) is 5.41 Å². The zero-order chi connectivity index (χ0) is 40.9. The molecule has 0 atom stereocenters. The molecule has 0 aliphatic heterocycles. The third kappa shape index (κ3) is 6.56. The van der Waals surface area contributed by atoms with Gasteiger partial charge in [-0.1, -0.05) is 127 Å². The Morgan fingerprint density at radius 3 is 1.62 bits per heavy atom. The summed E-state index contributed by atoms with van der Waals surface area (Å²) in [6, 6.07) is 74.8. The molecular weight excluding hydrogens is 964 g/mol. The number of halogens is 2. The number of benzene rings is 8. The van der Waals surface area contributed by atoms with Crippen molar-refractivity contribution in [3.05, 3.63) is 229 Å². The Morgan fingerprint density at radius 2 is 1.02 bits per heavy atom. The average Bonchev–Trinajstić information content (AvgIpc) is 3.97. The molecule has 8 aromatic carbocycles. The van der Waals surface area contributed by atoms with E-state index in [9.17, 15) is 0 Å². The van der Waals surface area contributed by atoms with Gasteiger partial charge in [0.15, 0.2) is 0 Å². The molecule has 61 heavy (non-hydrogen) atoms. The third-order valence-electron chi connectivity index (χ3n) is 12.8. The van der Waals surface area contributed by atoms with Crippen LogP contribution in [0.3, 0.4) is 0 Å². The minimum atomic E-state index is -0.556. The Labute approximate surface area is 372 Å². The van der Waals surface area contributed by atoms with Gasteiger partial charge in [-0.05, 0) is 128 Å². The summed E-state index contributed by atoms with van der Waals surface area (Å²) >= 11 is -0.556. The molecule has 0 amide bonds. The number of rotatable bonds is 5. The summed E-state index contributed by atoms with van der Waals surface area (Å²) in [5.41, 5.74) is 21.2. The smallest absolute Gasteiger partial charge is 0.0541 e. The van der Waals surface area contributed by atoms with Crippen LogP contribution in [0.5, 0.6) is 0 Å². The monoisotopic (exact) mass is 1000 g/mol. The molecule has 5 heteroatoms. The maximum atomic E-state index is 4.89. The van der Waals surface area contributed by atoms with Gasteiger partial charge < -0.3 is 9.55 Å². The van der Waals surface area contributed by atoms with Crippen molar-refractivity contribution >= 4 is 41.0 Å². The van der Waals surface area contributed by atoms with Crippen molar-refractivity contribution in [3.63, 3.8) is 0 Å². The molecule has 0 N–H and O–H groups in total. The standard InChI is InChI=1S/C56H37N2.2ClH.Ir/c1-2-12-45-36-56(35-44(45)11-1)51-33-41(37-22-26-46(27-23-37)58-54-20-5-3-17-49(54)50-18-4-6-21-55(50)58)24-28-47(51)48-29-25-42(34-52(48)56)39-14-9-13-38(31-39)40-15-10-16-43(32-40)53-19-7-8-30-57-53;;;/h1-15,17-34H,35-36H2;2*1H;/q-1;;;+3/p-2. The van der Waals surface area contributed by atoms with Crippen LogP contribution in [0.2, 0.25) is 0 Å². The number of hydrogen-bond donors (Lipinski definition) is 0. The van der Waals surface area contributed by atoms with Gasteiger partial charge in [-0.25, -0.2) is 0 Å². The fraction of sp³-hybridized carbons (Fsp3) is 0.0536. The number of para-hydroxylation sites is 2. The van der Waals surface area contributed by atoms with Gasteiger partial charge in [-0.15, -0.1) is 35.4 Å². The summed E-state index contributed by atoms with van der Waals surface area (Å²) in [4.78, 5) is 4.57. The second-order valence-electron chi connectivity index (χ2n) is 16.0. The van der Waals surface area contributed by atoms with Gasteiger partial charge in [-0.3, -0.25) is 0 Å². The Kier molecular flexibility index (Phi) is 9.79. The van der Waals surface area contributed by atoms with Crippen molar-refractivity contribution in [2.45, 2.75) is 18.3 Å². The molecule has 0 bridgehead atoms. The van der Waals surface area contributed by atoms with Crippen LogP contribution >= 0.6 is 19.2 Å². The summed E-state index contributed by atoms with van der Waals surface area (Å²) < 4.78 is 2.39. The molecule has 0 radical (unpaired) electrons. The molecule has 2 heterocycles. The van der Waals surface area contributed by atoms with Crippen LogP contribution < -0.4 is 0 Å². The summed E-state index contributed by atoms with van der Waals surface area (Å²) in [6.45, 7) is 0. The minimum Gasteiger partial charge on any atom is -0.309 e. The predicted octanol–water partition coefficient (Wildman–Crippen LogP) is 15.1. The van der Waals surface area contributed by atoms with E-state index in [4.69, 9.17) is 19.2 Å². The summed E-state index contributed by atoms with van der Waals surface area (Å²) in [5, 5.41) is 2.56. The molecule has 10 aromatic rings. The van der Waals surface area contributed by atoms with Crippen LogP contribution in [-0.4, -0.2) is 9.55 Å². The second kappa shape index (κ2) is 15.8. The number of nitrogens with zero attached hydrogens (tertiary/aromatic N) is 2. The van der Waals surface area contributed by atoms with E-state index in [0.717, 1.165) is 29.7 Å². The molecule has 0 saturated heterocycles. The molecule has 294 valence electrons. The zero-order valence-electron chi connectivity index (χ0n) is 33.0. The normalized spacial score (nSPS) is 13.2. The molecular formula is C56H37Cl2IrN2. The van der Waals surface area contributed by atoms with Gasteiger partial charge in [0.2, 0.25) is 0 Å². The quantitative estimate of drug-likeness (QED) is 0.157. The Bertz CT molecular complexity index is 3180. The summed E-state index contributed by atoms with van der Waals surface area (Å²) in [7, 11) is 9.78. The first kappa shape index (κ1) is 37.9. The van der Waals surface area contributed by atoms with E-state index >= 15 is 0 Å². The van der Waals surface area contributed by atoms with E-state index in [1.807, 2.05) is 30.5 Å². The van der Waals surface area contributed by atoms with Crippen molar-refractivity contribution < 1.29 is 15.7 Å². The largest absolute Gasteiger partial charge is 0.309 e. The maximum absolute atomic E-state index is 4.89. The van der Waals surface area contributed by atoms with E-state index < -0.39 is 15.7 Å². The molecule has 2 nitrogen and oxygen atoms in total. The van der Waals surface area contributed by atoms with Crippen LogP contribution in [0.25, 0.3) is 83.3 Å². The fourth-order valence-corrected chi connectivity index (χ4v) is 10.0. The fourth-order valence-electron chi connectivity index (χ4n) is 10.0. The first-order valence-electron chi connectivity index (χ1n) is 20.4. The average molecular weight is 1000 g/mol. The Balaban J connectivity index is 0.00000136. The number of fused-ring (bicyclic) bond motifs is 9. The van der Waals surface area contributed by atoms with E-state index in [1.54, 1.807) is 0 Å². The van der Waals surface area contributed by atoms with Crippen molar-refractivity contribution in [1.82, 2.24) is 9.55 Å². The first-order valence-corrected chi connectivity index (χ1v) is 26.4. The van der Waals surface area contributed by atoms with Gasteiger partial charge in [0.1, 0.15) is 0 Å². The van der Waals surface area contributed by atoms with Crippen LogP contribution in [0.1, 0.15) is 22.3 Å². The second-order valence-corrected chi connectivity index (χ2v) is 19.4. The molecule has 1 spiro atoms. The minimum absolute atomic E-state index is 0.131. The molecule has 0 fully saturated rings. The number of pyridine rings is 1. The number of hydrogen-bond acceptors (Lipinski definition) is 1. The Morgan fingerprint density at radius 1 is 0.492 bits per heavy atom. The van der Waals surface area contributed by atoms with Gasteiger partial charge in [0.05, 0.1) is 11.0 Å². The van der Waals surface area contributed by atoms with Crippen molar-refractivity contribution in [2.75, 3.05) is 0 Å². The van der Waals surface area contributed by atoms with Gasteiger partial charge >= 0.3 is 34.8 Å². The van der Waals surface area contributed by atoms with Crippen LogP contribution in [-0.2, 0) is 33.9 Å². The SMILES string of the molecule is [Cl][Ir+][Cl].[c-]1ccc(-c2cccc(-c3ccc4c(c3)C3(Cc5ccccc5C3)c3cc(-c5ccc(-n6c7ccccc7c7ccccc76)cc5)ccc3-4)c2)cc1-c1ccccn1. The summed E-state index contributed by atoms with van der Waals surface area (Å²) in [6.07, 6.45) is 3.84. The molecule has 0 unspecified atom stereocenters. The predicted molar refractivity (Wildman–Crippen MR) is 251 cm³/mol. The van der Waals surface area contributed by atoms with E-state index in [1.165, 1.54) is 88.7 Å². The molecule has 12 rings (SSSR count). The Hall–Kier alpha value is -6.06. The number of aromatic nitrogens is 2.